The number of aliphatic hydroxyl groups is 2. The summed E-state index contributed by atoms with van der Waals surface area (Å²) < 4.78 is 11.4. The summed E-state index contributed by atoms with van der Waals surface area (Å²) in [4.78, 5) is 0. The molecule has 0 radical (unpaired) electrons. The van der Waals surface area contributed by atoms with Crippen molar-refractivity contribution in [2.75, 3.05) is 13.2 Å². The van der Waals surface area contributed by atoms with Crippen LogP contribution in [-0.4, -0.2) is 35.6 Å². The van der Waals surface area contributed by atoms with Crippen LogP contribution in [0, 0.1) is 11.8 Å². The Labute approximate surface area is 216 Å². The predicted octanol–water partition coefficient (Wildman–Crippen LogP) is 7.42. The number of ether oxygens (including phenoxy) is 2. The van der Waals surface area contributed by atoms with Gasteiger partial charge in [-0.05, 0) is 47.2 Å². The van der Waals surface area contributed by atoms with Crippen LogP contribution in [0.25, 0.3) is 0 Å². The minimum Gasteiger partial charge on any atom is -0.488 e. The van der Waals surface area contributed by atoms with Crippen LogP contribution < -0.4 is 9.47 Å². The first-order valence-corrected chi connectivity index (χ1v) is 12.4. The molecule has 0 saturated carbocycles. The van der Waals surface area contributed by atoms with Crippen LogP contribution in [0.15, 0.2) is 24.3 Å². The summed E-state index contributed by atoms with van der Waals surface area (Å²) in [5.74, 6) is 0.772. The minimum atomic E-state index is -0.625. The molecule has 0 aromatic heterocycles. The lowest BCUT2D eigenvalue weighted by Gasteiger charge is -2.28. The first kappa shape index (κ1) is 28.4. The van der Waals surface area contributed by atoms with E-state index in [1.165, 1.54) is 0 Å². The van der Waals surface area contributed by atoms with Gasteiger partial charge in [-0.2, -0.15) is 0 Å². The standard InChI is InChI=1S/C25H32Cl4O4/c1-13(2)21(30)11-32-23-17(26)7-15(8-18(23)27)25(5,6)16-9-19(28)24(20(29)10-16)33-12-22(31)14(3)4/h7-10,13-14,21-22,30-31H,11-12H2,1-6H3. The van der Waals surface area contributed by atoms with Crippen LogP contribution in [0.4, 0.5) is 0 Å². The Balaban J connectivity index is 2.32. The van der Waals surface area contributed by atoms with E-state index in [1.54, 1.807) is 24.3 Å². The lowest BCUT2D eigenvalue weighted by Crippen LogP contribution is -2.24. The zero-order valence-electron chi connectivity index (χ0n) is 19.8. The molecule has 0 fully saturated rings. The zero-order valence-corrected chi connectivity index (χ0v) is 22.8. The fourth-order valence-electron chi connectivity index (χ4n) is 3.01. The summed E-state index contributed by atoms with van der Waals surface area (Å²) in [5, 5.41) is 21.4. The molecule has 2 aromatic rings. The van der Waals surface area contributed by atoms with Gasteiger partial charge in [-0.3, -0.25) is 0 Å². The van der Waals surface area contributed by atoms with E-state index in [0.29, 0.717) is 31.6 Å². The third kappa shape index (κ3) is 7.06. The van der Waals surface area contributed by atoms with Gasteiger partial charge in [-0.25, -0.2) is 0 Å². The highest BCUT2D eigenvalue weighted by molar-refractivity contribution is 6.38. The number of rotatable bonds is 10. The average Bonchev–Trinajstić information content (AvgIpc) is 2.71. The van der Waals surface area contributed by atoms with Crippen molar-refractivity contribution in [3.8, 4) is 11.5 Å². The molecule has 2 N–H and O–H groups in total. The fraction of sp³-hybridized carbons (Fsp3) is 0.520. The molecular weight excluding hydrogens is 506 g/mol. The van der Waals surface area contributed by atoms with Gasteiger partial charge in [0.25, 0.3) is 0 Å². The number of hydrogen-bond acceptors (Lipinski definition) is 4. The third-order valence-corrected chi connectivity index (χ3v) is 6.90. The maximum absolute atomic E-state index is 10.0. The lowest BCUT2D eigenvalue weighted by atomic mass is 9.78. The Kier molecular flexibility index (Phi) is 10.1. The summed E-state index contributed by atoms with van der Waals surface area (Å²) in [7, 11) is 0. The molecule has 4 nitrogen and oxygen atoms in total. The fourth-order valence-corrected chi connectivity index (χ4v) is 4.20. The minimum absolute atomic E-state index is 0.0517. The molecule has 2 rings (SSSR count). The monoisotopic (exact) mass is 536 g/mol. The Morgan fingerprint density at radius 2 is 0.939 bits per heavy atom. The van der Waals surface area contributed by atoms with Crippen LogP contribution in [0.3, 0.4) is 0 Å². The van der Waals surface area contributed by atoms with Crippen molar-refractivity contribution in [3.63, 3.8) is 0 Å². The molecule has 0 aliphatic carbocycles. The smallest absolute Gasteiger partial charge is 0.156 e. The van der Waals surface area contributed by atoms with E-state index in [4.69, 9.17) is 55.9 Å². The predicted molar refractivity (Wildman–Crippen MR) is 138 cm³/mol. The van der Waals surface area contributed by atoms with Crippen LogP contribution in [0.2, 0.25) is 20.1 Å². The maximum atomic E-state index is 10.0. The zero-order chi connectivity index (χ0) is 25.1. The molecule has 0 amide bonds. The summed E-state index contributed by atoms with van der Waals surface area (Å²) >= 11 is 26.0. The van der Waals surface area contributed by atoms with Crippen molar-refractivity contribution in [3.05, 3.63) is 55.5 Å². The molecule has 0 heterocycles. The third-order valence-electron chi connectivity index (χ3n) is 5.78. The Bertz CT molecular complexity index is 838. The van der Waals surface area contributed by atoms with E-state index in [2.05, 4.69) is 0 Å². The largest absolute Gasteiger partial charge is 0.488 e. The molecule has 0 bridgehead atoms. The molecule has 33 heavy (non-hydrogen) atoms. The Morgan fingerprint density at radius 1 is 0.667 bits per heavy atom. The number of aliphatic hydroxyl groups excluding tert-OH is 2. The van der Waals surface area contributed by atoms with Gasteiger partial charge in [-0.1, -0.05) is 87.9 Å². The number of benzene rings is 2. The first-order valence-electron chi connectivity index (χ1n) is 10.9. The summed E-state index contributed by atoms with van der Waals surface area (Å²) in [5.41, 5.74) is 1.13. The first-order chi connectivity index (χ1) is 15.2. The van der Waals surface area contributed by atoms with Crippen molar-refractivity contribution in [2.24, 2.45) is 11.8 Å². The normalized spacial score (nSPS) is 14.0. The SMILES string of the molecule is CC(C)C(O)COc1c(Cl)cc(C(C)(C)c2cc(Cl)c(OCC(O)C(C)C)c(Cl)c2)cc1Cl. The molecule has 2 atom stereocenters. The van der Waals surface area contributed by atoms with Crippen LogP contribution in [-0.2, 0) is 5.41 Å². The molecule has 0 saturated heterocycles. The molecule has 2 aromatic carbocycles. The highest BCUT2D eigenvalue weighted by Crippen LogP contribution is 2.44. The van der Waals surface area contributed by atoms with Gasteiger partial charge in [0, 0.05) is 5.41 Å². The number of halogens is 4. The van der Waals surface area contributed by atoms with E-state index in [1.807, 2.05) is 41.5 Å². The second-order valence-corrected chi connectivity index (χ2v) is 11.0. The quantitative estimate of drug-likeness (QED) is 0.331. The lowest BCUT2D eigenvalue weighted by molar-refractivity contribution is 0.0702. The van der Waals surface area contributed by atoms with Gasteiger partial charge in [0.1, 0.15) is 13.2 Å². The number of hydrogen-bond donors (Lipinski definition) is 2. The van der Waals surface area contributed by atoms with Gasteiger partial charge in [0.2, 0.25) is 0 Å². The van der Waals surface area contributed by atoms with E-state index >= 15 is 0 Å². The maximum Gasteiger partial charge on any atom is 0.156 e. The van der Waals surface area contributed by atoms with Crippen molar-refractivity contribution < 1.29 is 19.7 Å². The van der Waals surface area contributed by atoms with E-state index < -0.39 is 17.6 Å². The topological polar surface area (TPSA) is 58.9 Å². The van der Waals surface area contributed by atoms with Gasteiger partial charge >= 0.3 is 0 Å². The van der Waals surface area contributed by atoms with Gasteiger partial charge in [-0.15, -0.1) is 0 Å². The Morgan fingerprint density at radius 3 is 1.18 bits per heavy atom. The molecular formula is C25H32Cl4O4. The van der Waals surface area contributed by atoms with Gasteiger partial charge < -0.3 is 19.7 Å². The summed E-state index contributed by atoms with van der Waals surface area (Å²) in [6.07, 6.45) is -1.25. The van der Waals surface area contributed by atoms with Crippen molar-refractivity contribution in [1.82, 2.24) is 0 Å². The molecule has 2 unspecified atom stereocenters. The summed E-state index contributed by atoms with van der Waals surface area (Å²) in [6, 6.07) is 7.15. The van der Waals surface area contributed by atoms with Gasteiger partial charge in [0.05, 0.1) is 32.3 Å². The van der Waals surface area contributed by atoms with Crippen LogP contribution in [0.1, 0.15) is 52.7 Å². The highest BCUT2D eigenvalue weighted by Gasteiger charge is 2.28. The molecule has 0 aliphatic rings. The molecule has 184 valence electrons. The average molecular weight is 538 g/mol. The highest BCUT2D eigenvalue weighted by atomic mass is 35.5. The van der Waals surface area contributed by atoms with E-state index in [0.717, 1.165) is 11.1 Å². The van der Waals surface area contributed by atoms with Crippen molar-refractivity contribution >= 4 is 46.4 Å². The molecule has 8 heteroatoms. The van der Waals surface area contributed by atoms with Crippen molar-refractivity contribution in [1.29, 1.82) is 0 Å². The second kappa shape index (κ2) is 11.7. The van der Waals surface area contributed by atoms with Gasteiger partial charge in [0.15, 0.2) is 11.5 Å². The van der Waals surface area contributed by atoms with Crippen LogP contribution in [0.5, 0.6) is 11.5 Å². The summed E-state index contributed by atoms with van der Waals surface area (Å²) in [6.45, 7) is 11.8. The second-order valence-electron chi connectivity index (χ2n) is 9.41. The van der Waals surface area contributed by atoms with Crippen molar-refractivity contribution in [2.45, 2.75) is 59.2 Å². The van der Waals surface area contributed by atoms with E-state index in [-0.39, 0.29) is 25.0 Å². The Hall–Kier alpha value is -0.880. The van der Waals surface area contributed by atoms with E-state index in [9.17, 15) is 10.2 Å². The molecule has 0 spiro atoms. The molecule has 0 aliphatic heterocycles. The van der Waals surface area contributed by atoms with Crippen LogP contribution >= 0.6 is 46.4 Å².